The van der Waals surface area contributed by atoms with E-state index in [0.717, 1.165) is 31.7 Å². The van der Waals surface area contributed by atoms with Crippen LogP contribution in [0.15, 0.2) is 18.2 Å². The van der Waals surface area contributed by atoms with Gasteiger partial charge in [-0.15, -0.1) is 0 Å². The lowest BCUT2D eigenvalue weighted by atomic mass is 10.1. The summed E-state index contributed by atoms with van der Waals surface area (Å²) in [7, 11) is 3.75. The van der Waals surface area contributed by atoms with Crippen molar-refractivity contribution >= 4 is 5.69 Å². The molecule has 0 aromatic heterocycles. The van der Waals surface area contributed by atoms with Gasteiger partial charge in [0.15, 0.2) is 0 Å². The van der Waals surface area contributed by atoms with Crippen LogP contribution >= 0.6 is 0 Å². The number of para-hydroxylation sites is 1. The molecule has 2 rings (SSSR count). The van der Waals surface area contributed by atoms with Crippen LogP contribution in [0.25, 0.3) is 0 Å². The zero-order chi connectivity index (χ0) is 12.3. The molecule has 0 radical (unpaired) electrons. The van der Waals surface area contributed by atoms with Crippen molar-refractivity contribution in [2.45, 2.75) is 18.9 Å². The standard InChI is InChI=1S/C13H20N2O2/c1-15-8-6-10(7-9-15)17-12-5-3-4-11(16-2)13(12)14/h3-5,10H,6-9,14H2,1-2H3. The fourth-order valence-corrected chi connectivity index (χ4v) is 2.09. The highest BCUT2D eigenvalue weighted by Gasteiger charge is 2.19. The second kappa shape index (κ2) is 5.27. The highest BCUT2D eigenvalue weighted by molar-refractivity contribution is 5.62. The average Bonchev–Trinajstić information content (AvgIpc) is 2.35. The summed E-state index contributed by atoms with van der Waals surface area (Å²) in [6, 6.07) is 5.65. The second-order valence-electron chi connectivity index (χ2n) is 4.49. The molecule has 0 amide bonds. The van der Waals surface area contributed by atoms with Gasteiger partial charge in [0, 0.05) is 13.1 Å². The van der Waals surface area contributed by atoms with Crippen molar-refractivity contribution in [1.29, 1.82) is 0 Å². The molecule has 2 N–H and O–H groups in total. The molecule has 94 valence electrons. The first kappa shape index (κ1) is 12.0. The quantitative estimate of drug-likeness (QED) is 0.812. The molecular weight excluding hydrogens is 216 g/mol. The molecule has 0 unspecified atom stereocenters. The minimum Gasteiger partial charge on any atom is -0.494 e. The Balaban J connectivity index is 2.03. The van der Waals surface area contributed by atoms with Gasteiger partial charge in [-0.25, -0.2) is 0 Å². The van der Waals surface area contributed by atoms with Crippen LogP contribution in [0.2, 0.25) is 0 Å². The molecular formula is C13H20N2O2. The zero-order valence-electron chi connectivity index (χ0n) is 10.5. The summed E-state index contributed by atoms with van der Waals surface area (Å²) in [5.74, 6) is 1.41. The van der Waals surface area contributed by atoms with E-state index in [9.17, 15) is 0 Å². The molecule has 0 spiro atoms. The molecule has 1 aliphatic rings. The fraction of sp³-hybridized carbons (Fsp3) is 0.538. The monoisotopic (exact) mass is 236 g/mol. The highest BCUT2D eigenvalue weighted by Crippen LogP contribution is 2.32. The third kappa shape index (κ3) is 2.82. The summed E-state index contributed by atoms with van der Waals surface area (Å²) in [4.78, 5) is 2.31. The van der Waals surface area contributed by atoms with Crippen LogP contribution in [-0.4, -0.2) is 38.3 Å². The molecule has 1 saturated heterocycles. The first-order valence-corrected chi connectivity index (χ1v) is 5.98. The zero-order valence-corrected chi connectivity index (χ0v) is 10.5. The number of piperidine rings is 1. The molecule has 0 atom stereocenters. The Labute approximate surface area is 102 Å². The number of ether oxygens (including phenoxy) is 2. The number of methoxy groups -OCH3 is 1. The maximum absolute atomic E-state index is 5.98. The third-order valence-corrected chi connectivity index (χ3v) is 3.21. The SMILES string of the molecule is COc1cccc(OC2CCN(C)CC2)c1N. The lowest BCUT2D eigenvalue weighted by Crippen LogP contribution is -2.35. The number of anilines is 1. The molecule has 0 saturated carbocycles. The van der Waals surface area contributed by atoms with Crippen molar-refractivity contribution in [3.63, 3.8) is 0 Å². The van der Waals surface area contributed by atoms with Gasteiger partial charge >= 0.3 is 0 Å². The van der Waals surface area contributed by atoms with Crippen LogP contribution in [0.3, 0.4) is 0 Å². The van der Waals surface area contributed by atoms with E-state index in [0.29, 0.717) is 11.4 Å². The van der Waals surface area contributed by atoms with Gasteiger partial charge in [0.2, 0.25) is 0 Å². The number of nitrogens with zero attached hydrogens (tertiary/aromatic N) is 1. The molecule has 17 heavy (non-hydrogen) atoms. The van der Waals surface area contributed by atoms with Crippen molar-refractivity contribution in [3.8, 4) is 11.5 Å². The van der Waals surface area contributed by atoms with Crippen LogP contribution in [0.1, 0.15) is 12.8 Å². The van der Waals surface area contributed by atoms with Crippen LogP contribution < -0.4 is 15.2 Å². The van der Waals surface area contributed by atoms with Crippen LogP contribution in [0.5, 0.6) is 11.5 Å². The molecule has 1 heterocycles. The lowest BCUT2D eigenvalue weighted by molar-refractivity contribution is 0.115. The largest absolute Gasteiger partial charge is 0.494 e. The Hall–Kier alpha value is -1.42. The van der Waals surface area contributed by atoms with E-state index in [4.69, 9.17) is 15.2 Å². The number of nitrogens with two attached hydrogens (primary N) is 1. The Morgan fingerprint density at radius 3 is 2.53 bits per heavy atom. The molecule has 1 aromatic rings. The summed E-state index contributed by atoms with van der Waals surface area (Å²) in [5.41, 5.74) is 6.57. The summed E-state index contributed by atoms with van der Waals surface area (Å²) < 4.78 is 11.1. The number of nitrogen functional groups attached to an aromatic ring is 1. The normalized spacial score (nSPS) is 18.0. The number of benzene rings is 1. The van der Waals surface area contributed by atoms with Crippen molar-refractivity contribution in [1.82, 2.24) is 4.90 Å². The Bertz CT molecular complexity index is 374. The van der Waals surface area contributed by atoms with Gasteiger partial charge < -0.3 is 20.1 Å². The minimum atomic E-state index is 0.264. The summed E-state index contributed by atoms with van der Waals surface area (Å²) >= 11 is 0. The van der Waals surface area contributed by atoms with E-state index >= 15 is 0 Å². The number of hydrogen-bond donors (Lipinski definition) is 1. The first-order valence-electron chi connectivity index (χ1n) is 5.98. The van der Waals surface area contributed by atoms with Crippen LogP contribution in [-0.2, 0) is 0 Å². The molecule has 4 heteroatoms. The fourth-order valence-electron chi connectivity index (χ4n) is 2.09. The number of hydrogen-bond acceptors (Lipinski definition) is 4. The van der Waals surface area contributed by atoms with E-state index in [1.807, 2.05) is 18.2 Å². The van der Waals surface area contributed by atoms with Crippen LogP contribution in [0.4, 0.5) is 5.69 Å². The predicted octanol–water partition coefficient (Wildman–Crippen LogP) is 1.75. The van der Waals surface area contributed by atoms with E-state index in [1.165, 1.54) is 0 Å². The molecule has 0 bridgehead atoms. The highest BCUT2D eigenvalue weighted by atomic mass is 16.5. The van der Waals surface area contributed by atoms with Gasteiger partial charge in [-0.05, 0) is 32.0 Å². The number of rotatable bonds is 3. The summed E-state index contributed by atoms with van der Waals surface area (Å²) in [6.45, 7) is 2.16. The van der Waals surface area contributed by atoms with Gasteiger partial charge in [0.1, 0.15) is 23.3 Å². The van der Waals surface area contributed by atoms with E-state index < -0.39 is 0 Å². The molecule has 1 fully saturated rings. The molecule has 1 aliphatic heterocycles. The molecule has 1 aromatic carbocycles. The first-order chi connectivity index (χ1) is 8.20. The van der Waals surface area contributed by atoms with Gasteiger partial charge in [0.25, 0.3) is 0 Å². The Morgan fingerprint density at radius 2 is 1.88 bits per heavy atom. The van der Waals surface area contributed by atoms with Crippen molar-refractivity contribution in [3.05, 3.63) is 18.2 Å². The van der Waals surface area contributed by atoms with E-state index in [2.05, 4.69) is 11.9 Å². The maximum Gasteiger partial charge on any atom is 0.146 e. The second-order valence-corrected chi connectivity index (χ2v) is 4.49. The van der Waals surface area contributed by atoms with Crippen LogP contribution in [0, 0.1) is 0 Å². The third-order valence-electron chi connectivity index (χ3n) is 3.21. The van der Waals surface area contributed by atoms with Crippen molar-refractivity contribution in [2.75, 3.05) is 33.0 Å². The van der Waals surface area contributed by atoms with Gasteiger partial charge in [-0.3, -0.25) is 0 Å². The van der Waals surface area contributed by atoms with Gasteiger partial charge in [-0.2, -0.15) is 0 Å². The topological polar surface area (TPSA) is 47.7 Å². The predicted molar refractivity (Wildman–Crippen MR) is 68.6 cm³/mol. The van der Waals surface area contributed by atoms with Crippen molar-refractivity contribution < 1.29 is 9.47 Å². The number of likely N-dealkylation sites (tertiary alicyclic amines) is 1. The smallest absolute Gasteiger partial charge is 0.146 e. The molecule has 4 nitrogen and oxygen atoms in total. The van der Waals surface area contributed by atoms with Crippen molar-refractivity contribution in [2.24, 2.45) is 0 Å². The van der Waals surface area contributed by atoms with Gasteiger partial charge in [-0.1, -0.05) is 6.07 Å². The summed E-state index contributed by atoms with van der Waals surface area (Å²) in [5, 5.41) is 0. The lowest BCUT2D eigenvalue weighted by Gasteiger charge is -2.29. The van der Waals surface area contributed by atoms with Gasteiger partial charge in [0.05, 0.1) is 7.11 Å². The maximum atomic E-state index is 5.98. The minimum absolute atomic E-state index is 0.264. The summed E-state index contributed by atoms with van der Waals surface area (Å²) in [6.07, 6.45) is 2.36. The average molecular weight is 236 g/mol. The van der Waals surface area contributed by atoms with E-state index in [1.54, 1.807) is 7.11 Å². The Kier molecular flexibility index (Phi) is 3.74. The van der Waals surface area contributed by atoms with E-state index in [-0.39, 0.29) is 6.10 Å². The Morgan fingerprint density at radius 1 is 1.24 bits per heavy atom. The molecule has 0 aliphatic carbocycles.